The maximum Gasteiger partial charge on any atom is 0.354 e. The Hall–Kier alpha value is -3.32. The summed E-state index contributed by atoms with van der Waals surface area (Å²) in [6, 6.07) is 9.11. The van der Waals surface area contributed by atoms with Gasteiger partial charge >= 0.3 is 11.7 Å². The van der Waals surface area contributed by atoms with Crippen LogP contribution in [0.4, 0.5) is 10.6 Å². The fourth-order valence-electron chi connectivity index (χ4n) is 6.34. The van der Waals surface area contributed by atoms with E-state index in [1.807, 2.05) is 12.1 Å². The first kappa shape index (κ1) is 29.2. The van der Waals surface area contributed by atoms with Crippen LogP contribution in [0.25, 0.3) is 5.69 Å². The molecule has 12 heteroatoms. The second-order valence-electron chi connectivity index (χ2n) is 11.6. The van der Waals surface area contributed by atoms with E-state index in [4.69, 9.17) is 17.2 Å². The first-order valence-electron chi connectivity index (χ1n) is 14.7. The molecule has 222 valence electrons. The molecule has 2 aromatic rings. The van der Waals surface area contributed by atoms with Gasteiger partial charge in [-0.2, -0.15) is 4.98 Å². The van der Waals surface area contributed by atoms with Crippen LogP contribution in [0, 0.1) is 17.8 Å². The molecule has 5 rings (SSSR count). The Morgan fingerprint density at radius 1 is 1.02 bits per heavy atom. The van der Waals surface area contributed by atoms with Gasteiger partial charge < -0.3 is 27.0 Å². The molecule has 0 bridgehead atoms. The molecule has 0 radical (unpaired) electrons. The first-order chi connectivity index (χ1) is 19.8. The van der Waals surface area contributed by atoms with Crippen LogP contribution < -0.4 is 28.2 Å². The van der Waals surface area contributed by atoms with Crippen molar-refractivity contribution in [3.05, 3.63) is 52.6 Å². The van der Waals surface area contributed by atoms with Gasteiger partial charge in [0.15, 0.2) is 0 Å². The maximum absolute atomic E-state index is 12.8. The predicted octanol–water partition coefficient (Wildman–Crippen LogP) is 0.0423. The zero-order valence-electron chi connectivity index (χ0n) is 23.8. The molecule has 3 amide bonds. The number of rotatable bonds is 10. The van der Waals surface area contributed by atoms with Crippen molar-refractivity contribution in [3.8, 4) is 5.69 Å². The summed E-state index contributed by atoms with van der Waals surface area (Å²) in [5.74, 6) is 2.37. The number of nitrogens with one attached hydrogen (secondary N) is 1. The lowest BCUT2D eigenvalue weighted by molar-refractivity contribution is -0.134. The second kappa shape index (κ2) is 12.7. The summed E-state index contributed by atoms with van der Waals surface area (Å²) in [4.78, 5) is 48.0. The maximum atomic E-state index is 12.8. The second-order valence-corrected chi connectivity index (χ2v) is 11.6. The SMILES string of the molecule is CC(Cc1ccc(-n2ccc(NC(=O)N3CCN(C(=O)C(N)CCCN)CC3)nc2=O)cc1)N1C[C@@H]2C(CN)[C@@H]2C1. The Bertz CT molecular complexity index is 1260. The molecule has 3 aliphatic rings. The molecule has 1 saturated carbocycles. The summed E-state index contributed by atoms with van der Waals surface area (Å²) >= 11 is 0. The van der Waals surface area contributed by atoms with E-state index >= 15 is 0 Å². The van der Waals surface area contributed by atoms with Gasteiger partial charge in [0.25, 0.3) is 0 Å². The predicted molar refractivity (Wildman–Crippen MR) is 158 cm³/mol. The topological polar surface area (TPSA) is 169 Å². The molecular weight excluding hydrogens is 522 g/mol. The van der Waals surface area contributed by atoms with Crippen molar-refractivity contribution in [2.75, 3.05) is 57.7 Å². The highest BCUT2D eigenvalue weighted by atomic mass is 16.2. The lowest BCUT2D eigenvalue weighted by atomic mass is 10.0. The zero-order chi connectivity index (χ0) is 29.1. The number of hydrogen-bond donors (Lipinski definition) is 4. The minimum atomic E-state index is -0.570. The quantitative estimate of drug-likeness (QED) is 0.313. The van der Waals surface area contributed by atoms with Crippen LogP contribution in [0.1, 0.15) is 25.3 Å². The lowest BCUT2D eigenvalue weighted by Gasteiger charge is -2.35. The van der Waals surface area contributed by atoms with E-state index in [1.54, 1.807) is 22.1 Å². The highest BCUT2D eigenvalue weighted by Crippen LogP contribution is 2.51. The third kappa shape index (κ3) is 6.61. The van der Waals surface area contributed by atoms with E-state index in [0.717, 1.165) is 49.5 Å². The summed E-state index contributed by atoms with van der Waals surface area (Å²) in [5, 5.41) is 2.70. The largest absolute Gasteiger partial charge is 0.354 e. The van der Waals surface area contributed by atoms with Gasteiger partial charge in [-0.15, -0.1) is 0 Å². The number of likely N-dealkylation sites (tertiary alicyclic amines) is 1. The van der Waals surface area contributed by atoms with Crippen molar-refractivity contribution in [1.82, 2.24) is 24.3 Å². The summed E-state index contributed by atoms with van der Waals surface area (Å²) < 4.78 is 1.46. The normalized spacial score (nSPS) is 23.7. The number of nitrogens with zero attached hydrogens (tertiary/aromatic N) is 5. The number of carbonyl (C=O) groups is 2. The third-order valence-corrected chi connectivity index (χ3v) is 8.99. The fourth-order valence-corrected chi connectivity index (χ4v) is 6.34. The standard InChI is InChI=1S/C29H43N9O3/c1-19(37-17-23-22(16-31)24(23)18-37)15-20-4-6-21(7-5-20)38-10-8-26(34-29(38)41)33-28(40)36-13-11-35(12-14-36)27(39)25(32)3-2-9-30/h4-8,10,19,22-25H,2-3,9,11-18,30-32H2,1H3,(H,33,34,40,41)/t19?,22?,23-,24+,25?. The first-order valence-corrected chi connectivity index (χ1v) is 14.7. The zero-order valence-corrected chi connectivity index (χ0v) is 23.8. The molecule has 5 atom stereocenters. The van der Waals surface area contributed by atoms with E-state index < -0.39 is 11.7 Å². The van der Waals surface area contributed by atoms with Gasteiger partial charge in [-0.1, -0.05) is 12.1 Å². The van der Waals surface area contributed by atoms with Crippen LogP contribution in [0.3, 0.4) is 0 Å². The molecule has 1 aliphatic carbocycles. The molecule has 1 aromatic carbocycles. The number of urea groups is 1. The number of hydrogen-bond acceptors (Lipinski definition) is 8. The molecule has 41 heavy (non-hydrogen) atoms. The molecule has 1 aromatic heterocycles. The number of anilines is 1. The van der Waals surface area contributed by atoms with Gasteiger partial charge in [0.1, 0.15) is 5.82 Å². The Morgan fingerprint density at radius 3 is 2.29 bits per heavy atom. The van der Waals surface area contributed by atoms with E-state index in [1.165, 1.54) is 10.1 Å². The van der Waals surface area contributed by atoms with Gasteiger partial charge in [-0.05, 0) is 80.8 Å². The number of amides is 3. The van der Waals surface area contributed by atoms with Crippen molar-refractivity contribution >= 4 is 17.8 Å². The Balaban J connectivity index is 1.10. The third-order valence-electron chi connectivity index (χ3n) is 8.99. The van der Waals surface area contributed by atoms with Crippen molar-refractivity contribution in [1.29, 1.82) is 0 Å². The van der Waals surface area contributed by atoms with Gasteiger partial charge in [-0.3, -0.25) is 19.6 Å². The average molecular weight is 566 g/mol. The van der Waals surface area contributed by atoms with E-state index in [9.17, 15) is 14.4 Å². The van der Waals surface area contributed by atoms with Crippen LogP contribution in [-0.4, -0.2) is 101 Å². The lowest BCUT2D eigenvalue weighted by Crippen LogP contribution is -2.55. The van der Waals surface area contributed by atoms with E-state index in [0.29, 0.717) is 51.6 Å². The van der Waals surface area contributed by atoms with Gasteiger partial charge in [0.2, 0.25) is 5.91 Å². The van der Waals surface area contributed by atoms with Gasteiger partial charge in [-0.25, -0.2) is 9.59 Å². The summed E-state index contributed by atoms with van der Waals surface area (Å²) in [7, 11) is 0. The molecule has 2 saturated heterocycles. The number of fused-ring (bicyclic) bond motifs is 1. The van der Waals surface area contributed by atoms with Crippen molar-refractivity contribution in [2.24, 2.45) is 35.0 Å². The number of piperazine rings is 1. The summed E-state index contributed by atoms with van der Waals surface area (Å²) in [5.41, 5.74) is 18.8. The molecular formula is C29H43N9O3. The number of aromatic nitrogens is 2. The van der Waals surface area contributed by atoms with Crippen LogP contribution in [0.2, 0.25) is 0 Å². The fraction of sp³-hybridized carbons (Fsp3) is 0.586. The number of benzene rings is 1. The van der Waals surface area contributed by atoms with Crippen LogP contribution in [0.5, 0.6) is 0 Å². The molecule has 0 spiro atoms. The van der Waals surface area contributed by atoms with Crippen LogP contribution in [-0.2, 0) is 11.2 Å². The Kier molecular flexibility index (Phi) is 9.03. The monoisotopic (exact) mass is 565 g/mol. The molecule has 3 unspecified atom stereocenters. The van der Waals surface area contributed by atoms with Crippen molar-refractivity contribution in [3.63, 3.8) is 0 Å². The Labute approximate surface area is 240 Å². The smallest absolute Gasteiger partial charge is 0.338 e. The minimum Gasteiger partial charge on any atom is -0.338 e. The number of nitrogens with two attached hydrogens (primary N) is 3. The summed E-state index contributed by atoms with van der Waals surface area (Å²) in [6.07, 6.45) is 3.81. The van der Waals surface area contributed by atoms with Gasteiger partial charge in [0.05, 0.1) is 11.7 Å². The molecule has 2 aliphatic heterocycles. The van der Waals surface area contributed by atoms with Crippen LogP contribution in [0.15, 0.2) is 41.3 Å². The van der Waals surface area contributed by atoms with E-state index in [-0.39, 0.29) is 17.8 Å². The van der Waals surface area contributed by atoms with Crippen molar-refractivity contribution in [2.45, 2.75) is 38.3 Å². The average Bonchev–Trinajstić information content (AvgIpc) is 3.45. The number of carbonyl (C=O) groups excluding carboxylic acids is 2. The molecule has 3 heterocycles. The Morgan fingerprint density at radius 2 is 1.68 bits per heavy atom. The van der Waals surface area contributed by atoms with Crippen molar-refractivity contribution < 1.29 is 9.59 Å². The van der Waals surface area contributed by atoms with E-state index in [2.05, 4.69) is 34.3 Å². The molecule has 12 nitrogen and oxygen atoms in total. The minimum absolute atomic E-state index is 0.116. The highest BCUT2D eigenvalue weighted by molar-refractivity contribution is 5.88. The summed E-state index contributed by atoms with van der Waals surface area (Å²) in [6.45, 7) is 7.43. The number of piperidine rings is 1. The van der Waals surface area contributed by atoms with Crippen LogP contribution >= 0.6 is 0 Å². The highest BCUT2D eigenvalue weighted by Gasteiger charge is 2.55. The van der Waals surface area contributed by atoms with Gasteiger partial charge in [0, 0.05) is 51.5 Å². The molecule has 7 N–H and O–H groups in total. The molecule has 3 fully saturated rings.